The number of hydrogen-bond donors (Lipinski definition) is 1. The lowest BCUT2D eigenvalue weighted by molar-refractivity contribution is 0.102. The molecule has 0 fully saturated rings. The Balaban J connectivity index is 2.27. The third-order valence-electron chi connectivity index (χ3n) is 2.09. The van der Waals surface area contributed by atoms with E-state index < -0.39 is 0 Å². The second-order valence-corrected chi connectivity index (χ2v) is 4.45. The Hall–Kier alpha value is -1.53. The summed E-state index contributed by atoms with van der Waals surface area (Å²) in [6.45, 7) is 1.84. The van der Waals surface area contributed by atoms with E-state index >= 15 is 0 Å². The monoisotopic (exact) mass is 236 g/mol. The van der Waals surface area contributed by atoms with Gasteiger partial charge in [-0.05, 0) is 13.0 Å². The summed E-state index contributed by atoms with van der Waals surface area (Å²) in [5, 5.41) is 6.52. The highest BCUT2D eigenvalue weighted by atomic mass is 32.1. The molecule has 0 saturated carbocycles. The first-order chi connectivity index (χ1) is 7.58. The largest absolute Gasteiger partial charge is 0.322 e. The summed E-state index contributed by atoms with van der Waals surface area (Å²) < 4.78 is 1.59. The smallest absolute Gasteiger partial charge is 0.232 e. The Kier molecular flexibility index (Phi) is 2.84. The van der Waals surface area contributed by atoms with Crippen LogP contribution in [0, 0.1) is 0 Å². The molecule has 2 rings (SSSR count). The second-order valence-electron chi connectivity index (χ2n) is 3.56. The number of carbonyl (C=O) groups is 1. The van der Waals surface area contributed by atoms with Gasteiger partial charge in [-0.2, -0.15) is 5.10 Å². The number of carbonyl (C=O) groups excluding carboxylic acids is 1. The van der Waals surface area contributed by atoms with Gasteiger partial charge in [0, 0.05) is 18.6 Å². The third-order valence-corrected chi connectivity index (χ3v) is 3.14. The van der Waals surface area contributed by atoms with Gasteiger partial charge in [0.1, 0.15) is 16.4 Å². The van der Waals surface area contributed by atoms with Crippen LogP contribution in [0.5, 0.6) is 0 Å². The predicted octanol–water partition coefficient (Wildman–Crippen LogP) is 1.13. The summed E-state index contributed by atoms with van der Waals surface area (Å²) in [6, 6.07) is 1.53. The fraction of sp³-hybridized carbons (Fsp3) is 0.300. The molecule has 1 unspecified atom stereocenters. The van der Waals surface area contributed by atoms with Crippen molar-refractivity contribution < 1.29 is 4.79 Å². The normalized spacial score (nSPS) is 12.7. The van der Waals surface area contributed by atoms with E-state index in [2.05, 4.69) is 10.1 Å². The molecule has 2 heterocycles. The summed E-state index contributed by atoms with van der Waals surface area (Å²) in [5.41, 5.74) is 6.51. The molecule has 0 aliphatic heterocycles. The van der Waals surface area contributed by atoms with Crippen LogP contribution < -0.4 is 5.73 Å². The van der Waals surface area contributed by atoms with E-state index in [4.69, 9.17) is 5.73 Å². The van der Waals surface area contributed by atoms with Gasteiger partial charge in [0.2, 0.25) is 5.78 Å². The van der Waals surface area contributed by atoms with E-state index in [0.717, 1.165) is 5.01 Å². The molecule has 2 aromatic rings. The maximum atomic E-state index is 11.9. The van der Waals surface area contributed by atoms with Crippen molar-refractivity contribution in [1.82, 2.24) is 14.8 Å². The fourth-order valence-corrected chi connectivity index (χ4v) is 2.03. The average Bonchev–Trinajstić information content (AvgIpc) is 2.84. The first kappa shape index (κ1) is 11.0. The Labute approximate surface area is 96.9 Å². The summed E-state index contributed by atoms with van der Waals surface area (Å²) in [4.78, 5) is 16.1. The molecule has 84 valence electrons. The molecule has 2 N–H and O–H groups in total. The zero-order chi connectivity index (χ0) is 11.7. The topological polar surface area (TPSA) is 73.8 Å². The summed E-state index contributed by atoms with van der Waals surface area (Å²) in [6.07, 6.45) is 1.73. The zero-order valence-corrected chi connectivity index (χ0v) is 9.86. The van der Waals surface area contributed by atoms with Crippen molar-refractivity contribution in [3.63, 3.8) is 0 Å². The average molecular weight is 236 g/mol. The number of aromatic nitrogens is 3. The summed E-state index contributed by atoms with van der Waals surface area (Å²) >= 11 is 1.40. The molecule has 0 aromatic carbocycles. The van der Waals surface area contributed by atoms with E-state index in [9.17, 15) is 4.79 Å². The van der Waals surface area contributed by atoms with E-state index in [0.29, 0.717) is 11.4 Å². The van der Waals surface area contributed by atoms with Crippen LogP contribution in [-0.4, -0.2) is 20.5 Å². The first-order valence-corrected chi connectivity index (χ1v) is 5.71. The number of thiazole rings is 1. The summed E-state index contributed by atoms with van der Waals surface area (Å²) in [7, 11) is 1.77. The van der Waals surface area contributed by atoms with Gasteiger partial charge < -0.3 is 5.73 Å². The lowest BCUT2D eigenvalue weighted by Gasteiger charge is -1.96. The van der Waals surface area contributed by atoms with Crippen molar-refractivity contribution in [2.24, 2.45) is 12.8 Å². The number of aryl methyl sites for hydroxylation is 1. The highest BCUT2D eigenvalue weighted by molar-refractivity contribution is 7.09. The van der Waals surface area contributed by atoms with Crippen LogP contribution in [0.15, 0.2) is 17.6 Å². The molecule has 6 heteroatoms. The van der Waals surface area contributed by atoms with Gasteiger partial charge in [0.05, 0.1) is 6.04 Å². The molecule has 0 saturated heterocycles. The fourth-order valence-electron chi connectivity index (χ4n) is 1.27. The minimum atomic E-state index is -0.163. The van der Waals surface area contributed by atoms with Gasteiger partial charge in [-0.3, -0.25) is 9.48 Å². The van der Waals surface area contributed by atoms with Crippen molar-refractivity contribution in [2.75, 3.05) is 0 Å². The quantitative estimate of drug-likeness (QED) is 0.811. The van der Waals surface area contributed by atoms with E-state index in [1.165, 1.54) is 11.3 Å². The molecular weight excluding hydrogens is 224 g/mol. The first-order valence-electron chi connectivity index (χ1n) is 4.83. The minimum Gasteiger partial charge on any atom is -0.322 e. The van der Waals surface area contributed by atoms with E-state index in [1.807, 2.05) is 6.92 Å². The van der Waals surface area contributed by atoms with Gasteiger partial charge in [-0.15, -0.1) is 11.3 Å². The van der Waals surface area contributed by atoms with Gasteiger partial charge >= 0.3 is 0 Å². The predicted molar refractivity (Wildman–Crippen MR) is 61.4 cm³/mol. The van der Waals surface area contributed by atoms with Crippen molar-refractivity contribution in [1.29, 1.82) is 0 Å². The Morgan fingerprint density at radius 2 is 2.31 bits per heavy atom. The number of hydrogen-bond acceptors (Lipinski definition) is 5. The maximum Gasteiger partial charge on any atom is 0.232 e. The molecule has 16 heavy (non-hydrogen) atoms. The Morgan fingerprint density at radius 1 is 1.56 bits per heavy atom. The van der Waals surface area contributed by atoms with Crippen molar-refractivity contribution in [2.45, 2.75) is 13.0 Å². The minimum absolute atomic E-state index is 0.143. The van der Waals surface area contributed by atoms with Crippen molar-refractivity contribution >= 4 is 17.1 Å². The molecule has 1 atom stereocenters. The molecule has 2 aromatic heterocycles. The van der Waals surface area contributed by atoms with Gasteiger partial charge in [-0.25, -0.2) is 4.98 Å². The number of nitrogens with two attached hydrogens (primary N) is 1. The Morgan fingerprint density at radius 3 is 2.81 bits per heavy atom. The zero-order valence-electron chi connectivity index (χ0n) is 9.04. The van der Waals surface area contributed by atoms with Crippen LogP contribution >= 0.6 is 11.3 Å². The number of nitrogens with zero attached hydrogens (tertiary/aromatic N) is 3. The van der Waals surface area contributed by atoms with Crippen molar-refractivity contribution in [3.8, 4) is 0 Å². The van der Waals surface area contributed by atoms with Crippen LogP contribution in [0.2, 0.25) is 0 Å². The van der Waals surface area contributed by atoms with Crippen LogP contribution in [0.1, 0.15) is 34.2 Å². The molecule has 5 nitrogen and oxygen atoms in total. The highest BCUT2D eigenvalue weighted by Crippen LogP contribution is 2.17. The lowest BCUT2D eigenvalue weighted by atomic mass is 10.2. The molecule has 0 amide bonds. The second kappa shape index (κ2) is 4.15. The standard InChI is InChI=1S/C10H12N4OS/c1-6(11)10-12-8(5-16-10)9(15)7-3-4-14(2)13-7/h3-6H,11H2,1-2H3. The number of rotatable bonds is 3. The molecular formula is C10H12N4OS. The van der Waals surface area contributed by atoms with Gasteiger partial charge in [0.15, 0.2) is 0 Å². The SMILES string of the molecule is CC(N)c1nc(C(=O)c2ccn(C)n2)cs1. The molecule has 0 aliphatic rings. The van der Waals surface area contributed by atoms with Crippen LogP contribution in [0.25, 0.3) is 0 Å². The van der Waals surface area contributed by atoms with Crippen molar-refractivity contribution in [3.05, 3.63) is 34.0 Å². The highest BCUT2D eigenvalue weighted by Gasteiger charge is 2.16. The lowest BCUT2D eigenvalue weighted by Crippen LogP contribution is -2.07. The Bertz CT molecular complexity index is 514. The molecule has 0 aliphatic carbocycles. The summed E-state index contributed by atoms with van der Waals surface area (Å²) in [5.74, 6) is -0.163. The van der Waals surface area contributed by atoms with Crippen LogP contribution in [-0.2, 0) is 7.05 Å². The van der Waals surface area contributed by atoms with E-state index in [-0.39, 0.29) is 11.8 Å². The molecule has 0 bridgehead atoms. The third kappa shape index (κ3) is 2.02. The maximum absolute atomic E-state index is 11.9. The van der Waals surface area contributed by atoms with E-state index in [1.54, 1.807) is 29.4 Å². The van der Waals surface area contributed by atoms with Crippen LogP contribution in [0.4, 0.5) is 0 Å². The molecule has 0 radical (unpaired) electrons. The van der Waals surface area contributed by atoms with Gasteiger partial charge in [-0.1, -0.05) is 0 Å². The molecule has 0 spiro atoms. The van der Waals surface area contributed by atoms with Crippen LogP contribution in [0.3, 0.4) is 0 Å². The number of ketones is 1. The van der Waals surface area contributed by atoms with Gasteiger partial charge in [0.25, 0.3) is 0 Å².